The van der Waals surface area contributed by atoms with Crippen LogP contribution in [0.5, 0.6) is 0 Å². The minimum absolute atomic E-state index is 0.0566. The molecule has 2 N–H and O–H groups in total. The summed E-state index contributed by atoms with van der Waals surface area (Å²) in [5.74, 6) is -0.555. The van der Waals surface area contributed by atoms with Gasteiger partial charge in [-0.15, -0.1) is 0 Å². The molecule has 0 aliphatic rings. The maximum absolute atomic E-state index is 11.8. The molecule has 114 valence electrons. The van der Waals surface area contributed by atoms with Crippen LogP contribution in [0.15, 0.2) is 52.2 Å². The molecule has 0 spiro atoms. The topological polar surface area (TPSA) is 83.7 Å². The molecule has 0 fully saturated rings. The maximum Gasteiger partial charge on any atom is 0.307 e. The summed E-state index contributed by atoms with van der Waals surface area (Å²) in [4.78, 5) is 23.4. The van der Waals surface area contributed by atoms with Crippen LogP contribution in [0.3, 0.4) is 0 Å². The van der Waals surface area contributed by atoms with Crippen molar-refractivity contribution >= 4 is 34.8 Å². The van der Waals surface area contributed by atoms with Gasteiger partial charge in [-0.05, 0) is 43.3 Å². The van der Waals surface area contributed by atoms with E-state index in [9.17, 15) is 9.59 Å². The first-order chi connectivity index (χ1) is 10.5. The first-order valence-corrected chi connectivity index (χ1v) is 6.85. The summed E-state index contributed by atoms with van der Waals surface area (Å²) < 4.78 is 4.93. The number of rotatable bonds is 5. The van der Waals surface area contributed by atoms with E-state index in [1.807, 2.05) is 0 Å². The SMILES string of the molecule is CC(CC(=O)Nc1ccc(Cl)cc1)=NNC(=O)c1ccco1. The lowest BCUT2D eigenvalue weighted by Crippen LogP contribution is -2.21. The maximum atomic E-state index is 11.8. The molecule has 0 aliphatic heterocycles. The van der Waals surface area contributed by atoms with Crippen LogP contribution in [-0.4, -0.2) is 17.5 Å². The molecular weight excluding hydrogens is 306 g/mol. The van der Waals surface area contributed by atoms with E-state index in [4.69, 9.17) is 16.0 Å². The number of benzene rings is 1. The van der Waals surface area contributed by atoms with E-state index >= 15 is 0 Å². The molecule has 1 aromatic carbocycles. The number of amides is 2. The zero-order chi connectivity index (χ0) is 15.9. The van der Waals surface area contributed by atoms with E-state index in [1.165, 1.54) is 12.3 Å². The zero-order valence-electron chi connectivity index (χ0n) is 11.8. The Morgan fingerprint density at radius 1 is 1.23 bits per heavy atom. The molecule has 6 nitrogen and oxygen atoms in total. The summed E-state index contributed by atoms with van der Waals surface area (Å²) in [6.07, 6.45) is 1.45. The summed E-state index contributed by atoms with van der Waals surface area (Å²) in [5, 5.41) is 7.15. The molecule has 0 saturated heterocycles. The Labute approximate surface area is 132 Å². The van der Waals surface area contributed by atoms with Gasteiger partial charge >= 0.3 is 5.91 Å². The molecule has 1 heterocycles. The monoisotopic (exact) mass is 319 g/mol. The van der Waals surface area contributed by atoms with Crippen molar-refractivity contribution in [1.29, 1.82) is 0 Å². The number of carbonyl (C=O) groups is 2. The average molecular weight is 320 g/mol. The molecule has 0 aliphatic carbocycles. The number of carbonyl (C=O) groups excluding carboxylic acids is 2. The fourth-order valence-corrected chi connectivity index (χ4v) is 1.75. The highest BCUT2D eigenvalue weighted by Crippen LogP contribution is 2.13. The molecule has 2 aromatic rings. The van der Waals surface area contributed by atoms with Gasteiger partial charge in [-0.2, -0.15) is 5.10 Å². The number of anilines is 1. The Kier molecular flexibility index (Phi) is 5.32. The van der Waals surface area contributed by atoms with Crippen molar-refractivity contribution in [2.45, 2.75) is 13.3 Å². The van der Waals surface area contributed by atoms with E-state index in [1.54, 1.807) is 37.3 Å². The first kappa shape index (κ1) is 15.8. The normalized spacial score (nSPS) is 11.1. The molecule has 22 heavy (non-hydrogen) atoms. The summed E-state index contributed by atoms with van der Waals surface area (Å²) >= 11 is 5.77. The third kappa shape index (κ3) is 4.75. The van der Waals surface area contributed by atoms with Crippen LogP contribution in [0.2, 0.25) is 5.02 Å². The average Bonchev–Trinajstić information content (AvgIpc) is 3.01. The molecule has 0 unspecified atom stereocenters. The second kappa shape index (κ2) is 7.42. The van der Waals surface area contributed by atoms with Gasteiger partial charge in [0.25, 0.3) is 0 Å². The lowest BCUT2D eigenvalue weighted by Gasteiger charge is -2.05. The molecule has 0 saturated carbocycles. The molecule has 0 radical (unpaired) electrons. The van der Waals surface area contributed by atoms with Crippen LogP contribution >= 0.6 is 11.6 Å². The van der Waals surface area contributed by atoms with Gasteiger partial charge < -0.3 is 9.73 Å². The smallest absolute Gasteiger partial charge is 0.307 e. The number of hydrogen-bond donors (Lipinski definition) is 2. The summed E-state index contributed by atoms with van der Waals surface area (Å²) in [6.45, 7) is 1.64. The highest BCUT2D eigenvalue weighted by molar-refractivity contribution is 6.30. The van der Waals surface area contributed by atoms with Gasteiger partial charge in [0.1, 0.15) is 0 Å². The van der Waals surface area contributed by atoms with E-state index in [0.717, 1.165) is 0 Å². The summed E-state index contributed by atoms with van der Waals surface area (Å²) in [7, 11) is 0. The van der Waals surface area contributed by atoms with Gasteiger partial charge in [-0.1, -0.05) is 11.6 Å². The fourth-order valence-electron chi connectivity index (χ4n) is 1.62. The highest BCUT2D eigenvalue weighted by atomic mass is 35.5. The predicted molar refractivity (Wildman–Crippen MR) is 84.0 cm³/mol. The highest BCUT2D eigenvalue weighted by Gasteiger charge is 2.08. The fraction of sp³-hybridized carbons (Fsp3) is 0.133. The Balaban J connectivity index is 1.84. The largest absolute Gasteiger partial charge is 0.459 e. The number of hydrogen-bond acceptors (Lipinski definition) is 4. The minimum Gasteiger partial charge on any atom is -0.459 e. The van der Waals surface area contributed by atoms with Gasteiger partial charge in [0, 0.05) is 16.4 Å². The van der Waals surface area contributed by atoms with Crippen molar-refractivity contribution in [2.75, 3.05) is 5.32 Å². The van der Waals surface area contributed by atoms with Gasteiger partial charge in [-0.3, -0.25) is 9.59 Å². The van der Waals surface area contributed by atoms with Crippen molar-refractivity contribution in [3.63, 3.8) is 0 Å². The van der Waals surface area contributed by atoms with Crippen LogP contribution in [0.4, 0.5) is 5.69 Å². The van der Waals surface area contributed by atoms with E-state index < -0.39 is 5.91 Å². The van der Waals surface area contributed by atoms with Gasteiger partial charge in [0.15, 0.2) is 5.76 Å². The van der Waals surface area contributed by atoms with Crippen molar-refractivity contribution in [3.8, 4) is 0 Å². The molecule has 1 aromatic heterocycles. The summed E-state index contributed by atoms with van der Waals surface area (Å²) in [6, 6.07) is 9.89. The second-order valence-electron chi connectivity index (χ2n) is 4.50. The lowest BCUT2D eigenvalue weighted by molar-refractivity contribution is -0.115. The number of halogens is 1. The van der Waals surface area contributed by atoms with Gasteiger partial charge in [0.2, 0.25) is 5.91 Å². The Hall–Kier alpha value is -2.60. The van der Waals surface area contributed by atoms with Crippen LogP contribution in [0.1, 0.15) is 23.9 Å². The minimum atomic E-state index is -0.470. The third-order valence-electron chi connectivity index (χ3n) is 2.64. The molecule has 7 heteroatoms. The van der Waals surface area contributed by atoms with Crippen LogP contribution in [0.25, 0.3) is 0 Å². The molecule has 2 rings (SSSR count). The van der Waals surface area contributed by atoms with Crippen molar-refractivity contribution in [2.24, 2.45) is 5.10 Å². The molecule has 2 amide bonds. The lowest BCUT2D eigenvalue weighted by atomic mass is 10.2. The number of furan rings is 1. The van der Waals surface area contributed by atoms with Crippen molar-refractivity contribution < 1.29 is 14.0 Å². The standard InChI is InChI=1S/C15H14ClN3O3/c1-10(18-19-15(21)13-3-2-8-22-13)9-14(20)17-12-6-4-11(16)5-7-12/h2-8H,9H2,1H3,(H,17,20)(H,19,21). The Morgan fingerprint density at radius 3 is 2.59 bits per heavy atom. The van der Waals surface area contributed by atoms with Crippen molar-refractivity contribution in [3.05, 3.63) is 53.4 Å². The number of nitrogens with zero attached hydrogens (tertiary/aromatic N) is 1. The van der Waals surface area contributed by atoms with E-state index in [-0.39, 0.29) is 18.1 Å². The molecule has 0 atom stereocenters. The number of nitrogens with one attached hydrogen (secondary N) is 2. The first-order valence-electron chi connectivity index (χ1n) is 6.47. The quantitative estimate of drug-likeness (QED) is 0.656. The predicted octanol–water partition coefficient (Wildman–Crippen LogP) is 3.07. The van der Waals surface area contributed by atoms with Crippen LogP contribution in [-0.2, 0) is 4.79 Å². The molecular formula is C15H14ClN3O3. The number of hydrazone groups is 1. The van der Waals surface area contributed by atoms with Crippen molar-refractivity contribution in [1.82, 2.24) is 5.43 Å². The zero-order valence-corrected chi connectivity index (χ0v) is 12.6. The van der Waals surface area contributed by atoms with E-state index in [0.29, 0.717) is 16.4 Å². The third-order valence-corrected chi connectivity index (χ3v) is 2.89. The van der Waals surface area contributed by atoms with Gasteiger partial charge in [-0.25, -0.2) is 5.43 Å². The van der Waals surface area contributed by atoms with E-state index in [2.05, 4.69) is 15.8 Å². The molecule has 0 bridgehead atoms. The van der Waals surface area contributed by atoms with Crippen LogP contribution in [0, 0.1) is 0 Å². The van der Waals surface area contributed by atoms with Crippen LogP contribution < -0.4 is 10.7 Å². The Bertz CT molecular complexity index is 679. The summed E-state index contributed by atoms with van der Waals surface area (Å²) in [5.41, 5.74) is 3.42. The van der Waals surface area contributed by atoms with Gasteiger partial charge in [0.05, 0.1) is 12.7 Å². The Morgan fingerprint density at radius 2 is 1.95 bits per heavy atom. The second-order valence-corrected chi connectivity index (χ2v) is 4.93.